The average molecular weight is 272 g/mol. The molecule has 1 saturated heterocycles. The van der Waals surface area contributed by atoms with Crippen molar-refractivity contribution in [2.24, 2.45) is 0 Å². The predicted octanol–water partition coefficient (Wildman–Crippen LogP) is 1.24. The van der Waals surface area contributed by atoms with E-state index in [9.17, 15) is 12.8 Å². The quantitative estimate of drug-likeness (QED) is 0.870. The second-order valence-electron chi connectivity index (χ2n) is 4.65. The third kappa shape index (κ3) is 3.28. The Labute approximate surface area is 107 Å². The largest absolute Gasteiger partial charge is 0.314 e. The lowest BCUT2D eigenvalue weighted by Gasteiger charge is -2.28. The number of sulfonamides is 1. The van der Waals surface area contributed by atoms with E-state index in [0.717, 1.165) is 31.5 Å². The van der Waals surface area contributed by atoms with Crippen LogP contribution in [-0.2, 0) is 10.0 Å². The first kappa shape index (κ1) is 13.5. The first-order chi connectivity index (χ1) is 8.47. The highest BCUT2D eigenvalue weighted by molar-refractivity contribution is 7.89. The van der Waals surface area contributed by atoms with Gasteiger partial charge >= 0.3 is 0 Å². The van der Waals surface area contributed by atoms with Crippen molar-refractivity contribution in [2.75, 3.05) is 6.54 Å². The highest BCUT2D eigenvalue weighted by atomic mass is 32.2. The SMILES string of the molecule is CC1CC(NS(=O)(=O)c2ccc(F)cc2)CCN1. The summed E-state index contributed by atoms with van der Waals surface area (Å²) in [6, 6.07) is 5.11. The van der Waals surface area contributed by atoms with Crippen molar-refractivity contribution in [1.82, 2.24) is 10.0 Å². The maximum absolute atomic E-state index is 12.8. The van der Waals surface area contributed by atoms with Gasteiger partial charge in [-0.15, -0.1) is 0 Å². The summed E-state index contributed by atoms with van der Waals surface area (Å²) in [5.41, 5.74) is 0. The molecule has 18 heavy (non-hydrogen) atoms. The van der Waals surface area contributed by atoms with Crippen molar-refractivity contribution in [2.45, 2.75) is 36.7 Å². The van der Waals surface area contributed by atoms with Gasteiger partial charge in [0.15, 0.2) is 0 Å². The van der Waals surface area contributed by atoms with Crippen LogP contribution in [0.3, 0.4) is 0 Å². The van der Waals surface area contributed by atoms with Crippen LogP contribution in [0.2, 0.25) is 0 Å². The van der Waals surface area contributed by atoms with Crippen molar-refractivity contribution in [3.63, 3.8) is 0 Å². The fourth-order valence-electron chi connectivity index (χ4n) is 2.14. The first-order valence-corrected chi connectivity index (χ1v) is 7.47. The van der Waals surface area contributed by atoms with Crippen LogP contribution < -0.4 is 10.0 Å². The molecule has 2 unspecified atom stereocenters. The highest BCUT2D eigenvalue weighted by Gasteiger charge is 2.24. The molecule has 1 aliphatic heterocycles. The molecule has 1 heterocycles. The van der Waals surface area contributed by atoms with Gasteiger partial charge < -0.3 is 5.32 Å². The van der Waals surface area contributed by atoms with E-state index >= 15 is 0 Å². The first-order valence-electron chi connectivity index (χ1n) is 5.98. The van der Waals surface area contributed by atoms with Gasteiger partial charge in [0, 0.05) is 12.1 Å². The van der Waals surface area contributed by atoms with Crippen molar-refractivity contribution in [1.29, 1.82) is 0 Å². The van der Waals surface area contributed by atoms with Crippen molar-refractivity contribution < 1.29 is 12.8 Å². The molecular weight excluding hydrogens is 255 g/mol. The Kier molecular flexibility index (Phi) is 3.99. The molecule has 1 fully saturated rings. The van der Waals surface area contributed by atoms with Crippen LogP contribution in [-0.4, -0.2) is 27.0 Å². The van der Waals surface area contributed by atoms with Gasteiger partial charge in [-0.2, -0.15) is 0 Å². The van der Waals surface area contributed by atoms with Crippen molar-refractivity contribution in [3.8, 4) is 0 Å². The number of rotatable bonds is 3. The van der Waals surface area contributed by atoms with Crippen LogP contribution in [0, 0.1) is 5.82 Å². The van der Waals surface area contributed by atoms with Gasteiger partial charge in [-0.1, -0.05) is 0 Å². The fraction of sp³-hybridized carbons (Fsp3) is 0.500. The van der Waals surface area contributed by atoms with E-state index in [1.54, 1.807) is 0 Å². The molecule has 2 N–H and O–H groups in total. The van der Waals surface area contributed by atoms with Gasteiger partial charge in [0.05, 0.1) is 4.90 Å². The third-order valence-corrected chi connectivity index (χ3v) is 4.61. The number of piperidine rings is 1. The third-order valence-electron chi connectivity index (χ3n) is 3.07. The normalized spacial score (nSPS) is 25.0. The Hall–Kier alpha value is -0.980. The summed E-state index contributed by atoms with van der Waals surface area (Å²) in [7, 11) is -3.54. The minimum Gasteiger partial charge on any atom is -0.314 e. The molecule has 1 aromatic carbocycles. The Morgan fingerprint density at radius 2 is 2.00 bits per heavy atom. The second-order valence-corrected chi connectivity index (χ2v) is 6.37. The Bertz CT molecular complexity index is 501. The van der Waals surface area contributed by atoms with Gasteiger partial charge in [-0.3, -0.25) is 0 Å². The lowest BCUT2D eigenvalue weighted by Crippen LogP contribution is -2.46. The van der Waals surface area contributed by atoms with Crippen LogP contribution in [0.1, 0.15) is 19.8 Å². The summed E-state index contributed by atoms with van der Waals surface area (Å²) in [4.78, 5) is 0.107. The van der Waals surface area contributed by atoms with Gasteiger partial charge in [-0.05, 0) is 50.6 Å². The smallest absolute Gasteiger partial charge is 0.240 e. The van der Waals surface area contributed by atoms with Gasteiger partial charge in [0.1, 0.15) is 5.82 Å². The summed E-state index contributed by atoms with van der Waals surface area (Å²) in [6.45, 7) is 2.83. The fourth-order valence-corrected chi connectivity index (χ4v) is 3.42. The van der Waals surface area contributed by atoms with Crippen molar-refractivity contribution in [3.05, 3.63) is 30.1 Å². The maximum atomic E-state index is 12.8. The molecule has 0 saturated carbocycles. The van der Waals surface area contributed by atoms with Gasteiger partial charge in [0.2, 0.25) is 10.0 Å². The zero-order valence-corrected chi connectivity index (χ0v) is 11.0. The Morgan fingerprint density at radius 1 is 1.33 bits per heavy atom. The molecule has 1 aromatic rings. The molecule has 0 aromatic heterocycles. The molecular formula is C12H17FN2O2S. The van der Waals surface area contributed by atoms with Crippen LogP contribution in [0.25, 0.3) is 0 Å². The van der Waals surface area contributed by atoms with E-state index in [-0.39, 0.29) is 10.9 Å². The molecule has 0 radical (unpaired) electrons. The molecule has 1 aliphatic rings. The molecule has 6 heteroatoms. The number of hydrogen-bond donors (Lipinski definition) is 2. The standard InChI is InChI=1S/C12H17FN2O2S/c1-9-8-11(6-7-14-9)15-18(16,17)12-4-2-10(13)3-5-12/h2-5,9,11,14-15H,6-8H2,1H3. The van der Waals surface area contributed by atoms with Gasteiger partial charge in [-0.25, -0.2) is 17.5 Å². The molecule has 2 rings (SSSR count). The highest BCUT2D eigenvalue weighted by Crippen LogP contribution is 2.14. The monoisotopic (exact) mass is 272 g/mol. The maximum Gasteiger partial charge on any atom is 0.240 e. The van der Waals surface area contributed by atoms with E-state index in [4.69, 9.17) is 0 Å². The van der Waals surface area contributed by atoms with E-state index in [1.165, 1.54) is 12.1 Å². The minimum atomic E-state index is -3.54. The average Bonchev–Trinajstić information content (AvgIpc) is 2.29. The van der Waals surface area contributed by atoms with E-state index in [1.807, 2.05) is 6.92 Å². The Balaban J connectivity index is 2.09. The van der Waals surface area contributed by atoms with Crippen molar-refractivity contribution >= 4 is 10.0 Å². The summed E-state index contributed by atoms with van der Waals surface area (Å²) >= 11 is 0. The molecule has 100 valence electrons. The number of halogens is 1. The van der Waals surface area contributed by atoms with E-state index < -0.39 is 15.8 Å². The summed E-state index contributed by atoms with van der Waals surface area (Å²) in [6.07, 6.45) is 1.53. The van der Waals surface area contributed by atoms with E-state index in [0.29, 0.717) is 6.04 Å². The van der Waals surface area contributed by atoms with Crippen LogP contribution in [0.5, 0.6) is 0 Å². The Morgan fingerprint density at radius 3 is 2.61 bits per heavy atom. The second kappa shape index (κ2) is 5.34. The molecule has 2 atom stereocenters. The topological polar surface area (TPSA) is 58.2 Å². The number of hydrogen-bond acceptors (Lipinski definition) is 3. The zero-order chi connectivity index (χ0) is 13.2. The van der Waals surface area contributed by atoms with Crippen LogP contribution >= 0.6 is 0 Å². The summed E-state index contributed by atoms with van der Waals surface area (Å²) in [5.74, 6) is -0.440. The lowest BCUT2D eigenvalue weighted by molar-refractivity contribution is 0.361. The van der Waals surface area contributed by atoms with Gasteiger partial charge in [0.25, 0.3) is 0 Å². The van der Waals surface area contributed by atoms with Crippen LogP contribution in [0.4, 0.5) is 4.39 Å². The van der Waals surface area contributed by atoms with Crippen LogP contribution in [0.15, 0.2) is 29.2 Å². The molecule has 0 amide bonds. The molecule has 0 aliphatic carbocycles. The predicted molar refractivity (Wildman–Crippen MR) is 67.2 cm³/mol. The number of nitrogens with one attached hydrogen (secondary N) is 2. The molecule has 0 bridgehead atoms. The molecule has 4 nitrogen and oxygen atoms in total. The minimum absolute atomic E-state index is 0.0590. The molecule has 0 spiro atoms. The number of benzene rings is 1. The zero-order valence-electron chi connectivity index (χ0n) is 10.2. The lowest BCUT2D eigenvalue weighted by atomic mass is 10.0. The van der Waals surface area contributed by atoms with E-state index in [2.05, 4.69) is 10.0 Å². The summed E-state index contributed by atoms with van der Waals surface area (Å²) < 4.78 is 39.6. The summed E-state index contributed by atoms with van der Waals surface area (Å²) in [5, 5.41) is 3.26.